The smallest absolute Gasteiger partial charge is 0.321 e. The van der Waals surface area contributed by atoms with Gasteiger partial charge in [-0.2, -0.15) is 0 Å². The number of hydrogen-bond donors (Lipinski definition) is 0. The van der Waals surface area contributed by atoms with Crippen LogP contribution in [0.15, 0.2) is 30.3 Å². The standard InChI is InChI=1S/C20H28O4Si/c1-15(2)17(18(19(21)23-3)20(22)24-4)13-10-14-25(5,6)16-11-8-7-9-12-16/h7-9,11-12,15,17-18H,14H2,1-6H3. The molecule has 1 aromatic rings. The summed E-state index contributed by atoms with van der Waals surface area (Å²) in [6.07, 6.45) is 0. The molecule has 0 N–H and O–H groups in total. The van der Waals surface area contributed by atoms with E-state index in [-0.39, 0.29) is 5.92 Å². The molecule has 1 rings (SSSR count). The lowest BCUT2D eigenvalue weighted by molar-refractivity contribution is -0.161. The van der Waals surface area contributed by atoms with Crippen molar-refractivity contribution in [3.8, 4) is 11.8 Å². The molecule has 0 amide bonds. The van der Waals surface area contributed by atoms with E-state index in [1.54, 1.807) is 0 Å². The topological polar surface area (TPSA) is 52.6 Å². The third-order valence-corrected chi connectivity index (χ3v) is 7.30. The van der Waals surface area contributed by atoms with Crippen molar-refractivity contribution in [3.05, 3.63) is 30.3 Å². The van der Waals surface area contributed by atoms with E-state index in [1.807, 2.05) is 32.0 Å². The Balaban J connectivity index is 3.04. The Bertz CT molecular complexity index is 625. The summed E-state index contributed by atoms with van der Waals surface area (Å²) in [6, 6.07) is 11.1. The summed E-state index contributed by atoms with van der Waals surface area (Å²) in [6.45, 7) is 8.41. The van der Waals surface area contributed by atoms with Gasteiger partial charge in [0.25, 0.3) is 0 Å². The van der Waals surface area contributed by atoms with E-state index in [1.165, 1.54) is 19.4 Å². The molecule has 0 spiro atoms. The van der Waals surface area contributed by atoms with Crippen molar-refractivity contribution < 1.29 is 19.1 Å². The molecule has 0 saturated carbocycles. The van der Waals surface area contributed by atoms with Crippen molar-refractivity contribution in [3.63, 3.8) is 0 Å². The first-order valence-electron chi connectivity index (χ1n) is 8.44. The van der Waals surface area contributed by atoms with Crippen LogP contribution in [0.3, 0.4) is 0 Å². The second-order valence-electron chi connectivity index (χ2n) is 7.04. The van der Waals surface area contributed by atoms with Gasteiger partial charge in [0.1, 0.15) is 0 Å². The predicted octanol–water partition coefficient (Wildman–Crippen LogP) is 2.84. The molecule has 0 bridgehead atoms. The van der Waals surface area contributed by atoms with Crippen LogP contribution in [0.2, 0.25) is 19.1 Å². The van der Waals surface area contributed by atoms with E-state index in [4.69, 9.17) is 9.47 Å². The molecule has 1 atom stereocenters. The fourth-order valence-corrected chi connectivity index (χ4v) is 4.50. The Morgan fingerprint density at radius 1 is 1.04 bits per heavy atom. The first-order chi connectivity index (χ1) is 11.7. The lowest BCUT2D eigenvalue weighted by Gasteiger charge is -2.23. The van der Waals surface area contributed by atoms with Gasteiger partial charge in [-0.25, -0.2) is 0 Å². The highest BCUT2D eigenvalue weighted by Gasteiger charge is 2.37. The Morgan fingerprint density at radius 2 is 1.56 bits per heavy atom. The minimum atomic E-state index is -1.69. The van der Waals surface area contributed by atoms with Crippen molar-refractivity contribution in [1.82, 2.24) is 0 Å². The van der Waals surface area contributed by atoms with Crippen LogP contribution >= 0.6 is 0 Å². The third kappa shape index (κ3) is 5.75. The van der Waals surface area contributed by atoms with Crippen molar-refractivity contribution in [2.45, 2.75) is 33.0 Å². The van der Waals surface area contributed by atoms with E-state index < -0.39 is 31.8 Å². The van der Waals surface area contributed by atoms with Gasteiger partial charge >= 0.3 is 11.9 Å². The molecule has 0 fully saturated rings. The molecule has 5 heteroatoms. The van der Waals surface area contributed by atoms with Gasteiger partial charge in [-0.3, -0.25) is 9.59 Å². The molecule has 1 unspecified atom stereocenters. The van der Waals surface area contributed by atoms with Gasteiger partial charge in [-0.05, 0) is 5.92 Å². The van der Waals surface area contributed by atoms with Gasteiger partial charge in [0, 0.05) is 12.0 Å². The number of benzene rings is 1. The summed E-state index contributed by atoms with van der Waals surface area (Å²) in [7, 11) is 0.852. The number of carbonyl (C=O) groups is 2. The zero-order valence-corrected chi connectivity index (χ0v) is 17.0. The highest BCUT2D eigenvalue weighted by molar-refractivity contribution is 6.90. The first kappa shape index (κ1) is 21.0. The van der Waals surface area contributed by atoms with Crippen molar-refractivity contribution >= 4 is 25.2 Å². The van der Waals surface area contributed by atoms with E-state index in [9.17, 15) is 9.59 Å². The fourth-order valence-electron chi connectivity index (χ4n) is 2.66. The van der Waals surface area contributed by atoms with E-state index in [0.717, 1.165) is 6.04 Å². The normalized spacial score (nSPS) is 12.3. The number of ether oxygens (including phenoxy) is 2. The van der Waals surface area contributed by atoms with Crippen molar-refractivity contribution in [2.24, 2.45) is 17.8 Å². The van der Waals surface area contributed by atoms with Crippen LogP contribution in [0.5, 0.6) is 0 Å². The Morgan fingerprint density at radius 3 is 2.00 bits per heavy atom. The largest absolute Gasteiger partial charge is 0.468 e. The van der Waals surface area contributed by atoms with Crippen LogP contribution in [0, 0.1) is 29.6 Å². The fraction of sp³-hybridized carbons (Fsp3) is 0.500. The van der Waals surface area contributed by atoms with Crippen LogP contribution in [0.1, 0.15) is 13.8 Å². The second-order valence-corrected chi connectivity index (χ2v) is 11.7. The molecule has 0 aromatic heterocycles. The van der Waals surface area contributed by atoms with Crippen molar-refractivity contribution in [1.29, 1.82) is 0 Å². The summed E-state index contributed by atoms with van der Waals surface area (Å²) < 4.78 is 9.57. The average molecular weight is 361 g/mol. The SMILES string of the molecule is COC(=O)C(C(=O)OC)C(C#CC[Si](C)(C)c1ccccc1)C(C)C. The lowest BCUT2D eigenvalue weighted by Crippen LogP contribution is -2.40. The second kappa shape index (κ2) is 9.43. The number of hydrogen-bond acceptors (Lipinski definition) is 4. The number of esters is 2. The highest BCUT2D eigenvalue weighted by atomic mass is 28.3. The molecule has 1 aromatic carbocycles. The quantitative estimate of drug-likeness (QED) is 0.339. The molecule has 0 aliphatic carbocycles. The summed E-state index contributed by atoms with van der Waals surface area (Å²) in [5.74, 6) is 3.79. The number of rotatable bonds is 6. The van der Waals surface area contributed by atoms with Gasteiger partial charge in [0.15, 0.2) is 5.92 Å². The zero-order valence-electron chi connectivity index (χ0n) is 16.0. The maximum absolute atomic E-state index is 12.1. The predicted molar refractivity (Wildman–Crippen MR) is 102 cm³/mol. The summed E-state index contributed by atoms with van der Waals surface area (Å²) in [4.78, 5) is 24.1. The van der Waals surface area contributed by atoms with Gasteiger partial charge in [-0.15, -0.1) is 5.92 Å². The van der Waals surface area contributed by atoms with Gasteiger partial charge in [0.05, 0.1) is 22.3 Å². The van der Waals surface area contributed by atoms with Crippen LogP contribution in [0.25, 0.3) is 0 Å². The van der Waals surface area contributed by atoms with Crippen LogP contribution in [0.4, 0.5) is 0 Å². The maximum atomic E-state index is 12.1. The first-order valence-corrected chi connectivity index (χ1v) is 11.6. The van der Waals surface area contributed by atoms with E-state index >= 15 is 0 Å². The lowest BCUT2D eigenvalue weighted by atomic mass is 9.83. The molecular formula is C20H28O4Si. The molecule has 0 saturated heterocycles. The Kier molecular flexibility index (Phi) is 7.91. The van der Waals surface area contributed by atoms with Crippen LogP contribution in [-0.4, -0.2) is 34.2 Å². The van der Waals surface area contributed by atoms with Gasteiger partial charge < -0.3 is 9.47 Å². The Labute approximate surface area is 151 Å². The maximum Gasteiger partial charge on any atom is 0.321 e. The van der Waals surface area contributed by atoms with E-state index in [2.05, 4.69) is 37.1 Å². The van der Waals surface area contributed by atoms with Gasteiger partial charge in [0.2, 0.25) is 0 Å². The molecule has 4 nitrogen and oxygen atoms in total. The number of methoxy groups -OCH3 is 2. The minimum Gasteiger partial charge on any atom is -0.468 e. The third-order valence-electron chi connectivity index (χ3n) is 4.34. The van der Waals surface area contributed by atoms with Crippen LogP contribution < -0.4 is 5.19 Å². The molecule has 136 valence electrons. The molecule has 0 heterocycles. The molecular weight excluding hydrogens is 332 g/mol. The summed E-state index contributed by atoms with van der Waals surface area (Å²) >= 11 is 0. The monoisotopic (exact) mass is 360 g/mol. The minimum absolute atomic E-state index is 0.0252. The number of carbonyl (C=O) groups excluding carboxylic acids is 2. The average Bonchev–Trinajstić information content (AvgIpc) is 2.60. The molecule has 0 radical (unpaired) electrons. The zero-order chi connectivity index (χ0) is 19.0. The highest BCUT2D eigenvalue weighted by Crippen LogP contribution is 2.23. The van der Waals surface area contributed by atoms with E-state index in [0.29, 0.717) is 0 Å². The van der Waals surface area contributed by atoms with Gasteiger partial charge in [-0.1, -0.05) is 68.4 Å². The van der Waals surface area contributed by atoms with Crippen molar-refractivity contribution in [2.75, 3.05) is 14.2 Å². The molecule has 25 heavy (non-hydrogen) atoms. The summed E-state index contributed by atoms with van der Waals surface area (Å²) in [5.41, 5.74) is 0. The molecule has 0 aliphatic heterocycles. The summed E-state index contributed by atoms with van der Waals surface area (Å²) in [5, 5.41) is 1.34. The Hall–Kier alpha value is -2.06. The van der Waals surface area contributed by atoms with Crippen LogP contribution in [-0.2, 0) is 19.1 Å². The molecule has 0 aliphatic rings.